The Labute approximate surface area is 101 Å². The normalized spacial score (nSPS) is 11.1. The van der Waals surface area contributed by atoms with E-state index in [0.717, 1.165) is 4.90 Å². The Morgan fingerprint density at radius 2 is 1.76 bits per heavy atom. The van der Waals surface area contributed by atoms with E-state index in [1.54, 1.807) is 0 Å². The summed E-state index contributed by atoms with van der Waals surface area (Å²) < 4.78 is 4.55. The lowest BCUT2D eigenvalue weighted by molar-refractivity contribution is 0.148. The Bertz CT molecular complexity index is 315. The smallest absolute Gasteiger partial charge is 0.416 e. The first-order chi connectivity index (χ1) is 7.84. The molecule has 7 nitrogen and oxygen atoms in total. The Hall–Kier alpha value is -1.79. The van der Waals surface area contributed by atoms with Crippen LogP contribution in [-0.2, 0) is 4.74 Å². The number of carbonyl (C=O) groups is 2. The summed E-state index contributed by atoms with van der Waals surface area (Å²) in [5.74, 6) is 0.204. The molecule has 7 heteroatoms. The number of urea groups is 1. The molecule has 1 N–H and O–H groups in total. The maximum Gasteiger partial charge on any atom is 0.416 e. The lowest BCUT2D eigenvalue weighted by Gasteiger charge is -2.26. The molecule has 0 unspecified atom stereocenters. The van der Waals surface area contributed by atoms with Crippen molar-refractivity contribution in [3.05, 3.63) is 0 Å². The van der Waals surface area contributed by atoms with Crippen LogP contribution in [-0.4, -0.2) is 62.2 Å². The molecule has 0 saturated carbocycles. The summed E-state index contributed by atoms with van der Waals surface area (Å²) in [7, 11) is 5.76. The number of guanidine groups is 1. The van der Waals surface area contributed by atoms with Crippen molar-refractivity contribution in [2.45, 2.75) is 19.9 Å². The van der Waals surface area contributed by atoms with Crippen molar-refractivity contribution in [1.82, 2.24) is 15.1 Å². The summed E-state index contributed by atoms with van der Waals surface area (Å²) in [5, 5.41) is 2.70. The summed E-state index contributed by atoms with van der Waals surface area (Å²) in [4.78, 5) is 29.3. The molecule has 0 saturated heterocycles. The van der Waals surface area contributed by atoms with Gasteiger partial charge in [0, 0.05) is 27.2 Å². The first-order valence-electron chi connectivity index (χ1n) is 5.17. The van der Waals surface area contributed by atoms with Gasteiger partial charge in [-0.15, -0.1) is 0 Å². The second-order valence-electron chi connectivity index (χ2n) is 3.72. The Balaban J connectivity index is 4.79. The number of methoxy groups -OCH3 is 1. The minimum atomic E-state index is -0.588. The predicted octanol–water partition coefficient (Wildman–Crippen LogP) is 0.720. The maximum atomic E-state index is 11.7. The average Bonchev–Trinajstić information content (AvgIpc) is 2.27. The van der Waals surface area contributed by atoms with Crippen LogP contribution in [0.25, 0.3) is 0 Å². The first-order valence-corrected chi connectivity index (χ1v) is 5.17. The third kappa shape index (κ3) is 4.29. The quantitative estimate of drug-likeness (QED) is 0.545. The number of carbonyl (C=O) groups excluding carboxylic acids is 2. The van der Waals surface area contributed by atoms with E-state index in [1.165, 1.54) is 33.2 Å². The number of ether oxygens (including phenoxy) is 1. The SMILES string of the molecule is C/N=C(/N(C)C(=O)NC(C)C)N(C)C(=O)OC. The molecule has 0 aliphatic rings. The van der Waals surface area contributed by atoms with Crippen molar-refractivity contribution in [3.63, 3.8) is 0 Å². The Kier molecular flexibility index (Phi) is 6.01. The van der Waals surface area contributed by atoms with Gasteiger partial charge in [0.2, 0.25) is 5.96 Å². The largest absolute Gasteiger partial charge is 0.452 e. The molecule has 3 amide bonds. The number of nitrogens with one attached hydrogen (secondary N) is 1. The molecule has 0 heterocycles. The van der Waals surface area contributed by atoms with E-state index in [4.69, 9.17) is 0 Å². The fraction of sp³-hybridized carbons (Fsp3) is 0.700. The zero-order valence-electron chi connectivity index (χ0n) is 11.1. The van der Waals surface area contributed by atoms with Gasteiger partial charge in [0.25, 0.3) is 0 Å². The summed E-state index contributed by atoms with van der Waals surface area (Å²) in [6.07, 6.45) is -0.588. The second-order valence-corrected chi connectivity index (χ2v) is 3.72. The minimum absolute atomic E-state index is 0.00601. The highest BCUT2D eigenvalue weighted by molar-refractivity contribution is 6.02. The molecule has 98 valence electrons. The van der Waals surface area contributed by atoms with E-state index < -0.39 is 6.09 Å². The molecule has 0 aromatic carbocycles. The van der Waals surface area contributed by atoms with Crippen LogP contribution in [0.15, 0.2) is 4.99 Å². The van der Waals surface area contributed by atoms with E-state index in [-0.39, 0.29) is 18.0 Å². The monoisotopic (exact) mass is 244 g/mol. The van der Waals surface area contributed by atoms with Crippen molar-refractivity contribution in [3.8, 4) is 0 Å². The van der Waals surface area contributed by atoms with E-state index in [9.17, 15) is 9.59 Å². The van der Waals surface area contributed by atoms with Gasteiger partial charge in [-0.1, -0.05) is 0 Å². The number of hydrogen-bond acceptors (Lipinski definition) is 4. The average molecular weight is 244 g/mol. The van der Waals surface area contributed by atoms with E-state index in [2.05, 4.69) is 15.0 Å². The van der Waals surface area contributed by atoms with Crippen LogP contribution in [0.2, 0.25) is 0 Å². The molecule has 0 spiro atoms. The van der Waals surface area contributed by atoms with Crippen molar-refractivity contribution in [1.29, 1.82) is 0 Å². The molecule has 0 radical (unpaired) electrons. The Morgan fingerprint density at radius 3 is 2.12 bits per heavy atom. The topological polar surface area (TPSA) is 74.2 Å². The van der Waals surface area contributed by atoms with Crippen LogP contribution in [0.3, 0.4) is 0 Å². The number of rotatable bonds is 1. The second kappa shape index (κ2) is 6.72. The molecule has 0 bridgehead atoms. The molecule has 0 aromatic rings. The number of amides is 3. The van der Waals surface area contributed by atoms with Gasteiger partial charge in [0.1, 0.15) is 0 Å². The van der Waals surface area contributed by atoms with Crippen LogP contribution in [0, 0.1) is 0 Å². The third-order valence-electron chi connectivity index (χ3n) is 1.97. The lowest BCUT2D eigenvalue weighted by atomic mass is 10.4. The van der Waals surface area contributed by atoms with Gasteiger partial charge in [-0.3, -0.25) is 14.8 Å². The van der Waals surface area contributed by atoms with Crippen LogP contribution in [0.4, 0.5) is 9.59 Å². The van der Waals surface area contributed by atoms with Gasteiger partial charge >= 0.3 is 12.1 Å². The zero-order chi connectivity index (χ0) is 13.6. The Morgan fingerprint density at radius 1 is 1.24 bits per heavy atom. The van der Waals surface area contributed by atoms with Crippen LogP contribution >= 0.6 is 0 Å². The van der Waals surface area contributed by atoms with Gasteiger partial charge < -0.3 is 10.1 Å². The number of nitrogens with zero attached hydrogens (tertiary/aromatic N) is 3. The molecule has 0 aliphatic carbocycles. The predicted molar refractivity (Wildman–Crippen MR) is 65.0 cm³/mol. The van der Waals surface area contributed by atoms with Crippen molar-refractivity contribution in [2.75, 3.05) is 28.3 Å². The highest BCUT2D eigenvalue weighted by Crippen LogP contribution is 1.98. The molecule has 0 aliphatic heterocycles. The standard InChI is InChI=1S/C10H20N4O3/c1-7(2)12-9(15)13(4)8(11-3)14(5)10(16)17-6/h7H,1-6H3,(H,12,15)/b11-8-. The molecular formula is C10H20N4O3. The van der Waals surface area contributed by atoms with Crippen molar-refractivity contribution < 1.29 is 14.3 Å². The first kappa shape index (κ1) is 15.2. The molecular weight excluding hydrogens is 224 g/mol. The van der Waals surface area contributed by atoms with Gasteiger partial charge in [-0.05, 0) is 13.8 Å². The van der Waals surface area contributed by atoms with Crippen LogP contribution in [0.1, 0.15) is 13.8 Å². The molecule has 0 atom stereocenters. The molecule has 17 heavy (non-hydrogen) atoms. The van der Waals surface area contributed by atoms with Crippen LogP contribution < -0.4 is 5.32 Å². The van der Waals surface area contributed by atoms with Crippen molar-refractivity contribution >= 4 is 18.1 Å². The maximum absolute atomic E-state index is 11.7. The lowest BCUT2D eigenvalue weighted by Crippen LogP contribution is -2.50. The van der Waals surface area contributed by atoms with E-state index in [1.807, 2.05) is 13.8 Å². The van der Waals surface area contributed by atoms with E-state index >= 15 is 0 Å². The fourth-order valence-electron chi connectivity index (χ4n) is 1.18. The van der Waals surface area contributed by atoms with Gasteiger partial charge in [-0.2, -0.15) is 0 Å². The van der Waals surface area contributed by atoms with Crippen LogP contribution in [0.5, 0.6) is 0 Å². The molecule has 0 rings (SSSR count). The summed E-state index contributed by atoms with van der Waals surface area (Å²) >= 11 is 0. The zero-order valence-corrected chi connectivity index (χ0v) is 11.1. The van der Waals surface area contributed by atoms with Crippen molar-refractivity contribution in [2.24, 2.45) is 4.99 Å². The third-order valence-corrected chi connectivity index (χ3v) is 1.97. The number of aliphatic imine (C=N–C) groups is 1. The molecule has 0 aromatic heterocycles. The summed E-state index contributed by atoms with van der Waals surface area (Å²) in [5.41, 5.74) is 0. The number of hydrogen-bond donors (Lipinski definition) is 1. The summed E-state index contributed by atoms with van der Waals surface area (Å²) in [6.45, 7) is 3.69. The highest BCUT2D eigenvalue weighted by atomic mass is 16.5. The van der Waals surface area contributed by atoms with Gasteiger partial charge in [-0.25, -0.2) is 9.59 Å². The highest BCUT2D eigenvalue weighted by Gasteiger charge is 2.23. The summed E-state index contributed by atoms with van der Waals surface area (Å²) in [6, 6.07) is -0.331. The van der Waals surface area contributed by atoms with Gasteiger partial charge in [0.05, 0.1) is 7.11 Å². The van der Waals surface area contributed by atoms with Gasteiger partial charge in [0.15, 0.2) is 0 Å². The minimum Gasteiger partial charge on any atom is -0.452 e. The molecule has 0 fully saturated rings. The van der Waals surface area contributed by atoms with E-state index in [0.29, 0.717) is 0 Å². The fourth-order valence-corrected chi connectivity index (χ4v) is 1.18.